The summed E-state index contributed by atoms with van der Waals surface area (Å²) in [7, 11) is 0. The van der Waals surface area contributed by atoms with Gasteiger partial charge < -0.3 is 10.0 Å². The molecule has 15 heavy (non-hydrogen) atoms. The Bertz CT molecular complexity index is 301. The maximum Gasteiger partial charge on any atom is 0.0916 e. The van der Waals surface area contributed by atoms with E-state index in [1.54, 1.807) is 0 Å². The highest BCUT2D eigenvalue weighted by molar-refractivity contribution is 5.23. The summed E-state index contributed by atoms with van der Waals surface area (Å²) in [5.74, 6) is 0. The second-order valence-corrected chi connectivity index (χ2v) is 4.43. The van der Waals surface area contributed by atoms with E-state index in [2.05, 4.69) is 24.0 Å². The van der Waals surface area contributed by atoms with Gasteiger partial charge in [0.25, 0.3) is 0 Å². The summed E-state index contributed by atoms with van der Waals surface area (Å²) in [5.41, 5.74) is 2.28. The highest BCUT2D eigenvalue weighted by Crippen LogP contribution is 2.17. The van der Waals surface area contributed by atoms with Crippen LogP contribution in [0, 0.1) is 6.92 Å². The van der Waals surface area contributed by atoms with Gasteiger partial charge in [-0.25, -0.2) is 0 Å². The van der Waals surface area contributed by atoms with E-state index in [1.807, 2.05) is 12.1 Å². The molecule has 1 N–H and O–H groups in total. The first kappa shape index (κ1) is 10.7. The van der Waals surface area contributed by atoms with E-state index in [9.17, 15) is 5.11 Å². The van der Waals surface area contributed by atoms with Crippen LogP contribution in [0.1, 0.15) is 30.1 Å². The Morgan fingerprint density at radius 3 is 2.40 bits per heavy atom. The summed E-state index contributed by atoms with van der Waals surface area (Å²) in [6, 6.07) is 8.16. The standard InChI is InChI=1S/C13H19NO/c1-11-4-6-12(7-5-11)13(15)10-14-8-2-3-9-14/h4-7,13,15H,2-3,8-10H2,1H3/t13-/m1/s1. The molecule has 0 radical (unpaired) electrons. The van der Waals surface area contributed by atoms with Crippen molar-refractivity contribution < 1.29 is 5.11 Å². The molecule has 2 heteroatoms. The minimum absolute atomic E-state index is 0.330. The van der Waals surface area contributed by atoms with Gasteiger partial charge in [-0.15, -0.1) is 0 Å². The first-order chi connectivity index (χ1) is 7.25. The van der Waals surface area contributed by atoms with Gasteiger partial charge in [0, 0.05) is 6.54 Å². The molecule has 0 aliphatic carbocycles. The zero-order chi connectivity index (χ0) is 10.7. The van der Waals surface area contributed by atoms with E-state index in [-0.39, 0.29) is 6.10 Å². The highest BCUT2D eigenvalue weighted by atomic mass is 16.3. The van der Waals surface area contributed by atoms with Gasteiger partial charge >= 0.3 is 0 Å². The average Bonchev–Trinajstić information content (AvgIpc) is 2.71. The van der Waals surface area contributed by atoms with Gasteiger partial charge in [0.05, 0.1) is 6.10 Å². The van der Waals surface area contributed by atoms with Crippen LogP contribution in [0.4, 0.5) is 0 Å². The molecular weight excluding hydrogens is 186 g/mol. The van der Waals surface area contributed by atoms with Gasteiger partial charge in [-0.05, 0) is 38.4 Å². The van der Waals surface area contributed by atoms with Crippen molar-refractivity contribution in [1.82, 2.24) is 4.90 Å². The largest absolute Gasteiger partial charge is 0.387 e. The minimum atomic E-state index is -0.330. The van der Waals surface area contributed by atoms with Gasteiger partial charge in [0.15, 0.2) is 0 Å². The summed E-state index contributed by atoms with van der Waals surface area (Å²) in [5, 5.41) is 10.0. The molecule has 1 fully saturated rings. The molecule has 82 valence electrons. The van der Waals surface area contributed by atoms with Gasteiger partial charge in [-0.1, -0.05) is 29.8 Å². The minimum Gasteiger partial charge on any atom is -0.387 e. The summed E-state index contributed by atoms with van der Waals surface area (Å²) in [6.45, 7) is 5.13. The summed E-state index contributed by atoms with van der Waals surface area (Å²) in [4.78, 5) is 2.34. The third kappa shape index (κ3) is 2.80. The van der Waals surface area contributed by atoms with Crippen LogP contribution in [-0.2, 0) is 0 Å². The second-order valence-electron chi connectivity index (χ2n) is 4.43. The van der Waals surface area contributed by atoms with Crippen molar-refractivity contribution in [3.05, 3.63) is 35.4 Å². The molecule has 1 heterocycles. The maximum atomic E-state index is 10.0. The number of hydrogen-bond acceptors (Lipinski definition) is 2. The highest BCUT2D eigenvalue weighted by Gasteiger charge is 2.16. The van der Waals surface area contributed by atoms with E-state index >= 15 is 0 Å². The molecule has 0 saturated carbocycles. The molecule has 0 spiro atoms. The Balaban J connectivity index is 1.94. The Kier molecular flexibility index (Phi) is 3.39. The fraction of sp³-hybridized carbons (Fsp3) is 0.538. The van der Waals surface area contributed by atoms with E-state index in [4.69, 9.17) is 0 Å². The van der Waals surface area contributed by atoms with Crippen molar-refractivity contribution in [2.24, 2.45) is 0 Å². The monoisotopic (exact) mass is 205 g/mol. The molecule has 0 bridgehead atoms. The number of rotatable bonds is 3. The molecule has 1 atom stereocenters. The zero-order valence-electron chi connectivity index (χ0n) is 9.32. The van der Waals surface area contributed by atoms with Gasteiger partial charge in [0.1, 0.15) is 0 Å². The Morgan fingerprint density at radius 2 is 1.80 bits per heavy atom. The van der Waals surface area contributed by atoms with Gasteiger partial charge in [-0.2, -0.15) is 0 Å². The molecule has 2 nitrogen and oxygen atoms in total. The number of nitrogens with zero attached hydrogens (tertiary/aromatic N) is 1. The van der Waals surface area contributed by atoms with Crippen LogP contribution in [0.15, 0.2) is 24.3 Å². The lowest BCUT2D eigenvalue weighted by atomic mass is 10.1. The van der Waals surface area contributed by atoms with E-state index in [0.29, 0.717) is 0 Å². The first-order valence-electron chi connectivity index (χ1n) is 5.73. The third-order valence-electron chi connectivity index (χ3n) is 3.09. The smallest absolute Gasteiger partial charge is 0.0916 e. The molecule has 1 saturated heterocycles. The van der Waals surface area contributed by atoms with Crippen molar-refractivity contribution in [3.8, 4) is 0 Å². The van der Waals surface area contributed by atoms with Crippen LogP contribution in [0.3, 0.4) is 0 Å². The van der Waals surface area contributed by atoms with Crippen LogP contribution < -0.4 is 0 Å². The van der Waals surface area contributed by atoms with E-state index in [0.717, 1.165) is 25.2 Å². The lowest BCUT2D eigenvalue weighted by Crippen LogP contribution is -2.25. The van der Waals surface area contributed by atoms with Gasteiger partial charge in [-0.3, -0.25) is 0 Å². The molecule has 1 aromatic rings. The zero-order valence-corrected chi connectivity index (χ0v) is 9.32. The number of β-amino-alcohol motifs (C(OH)–C–C–N with tert-alkyl or cyclic N) is 1. The number of aliphatic hydroxyl groups is 1. The van der Waals surface area contributed by atoms with Crippen molar-refractivity contribution in [1.29, 1.82) is 0 Å². The van der Waals surface area contributed by atoms with Crippen molar-refractivity contribution in [3.63, 3.8) is 0 Å². The lowest BCUT2D eigenvalue weighted by Gasteiger charge is -2.19. The Hall–Kier alpha value is -0.860. The number of benzene rings is 1. The topological polar surface area (TPSA) is 23.5 Å². The SMILES string of the molecule is Cc1ccc([C@H](O)CN2CCCC2)cc1. The number of aryl methyl sites for hydroxylation is 1. The predicted octanol–water partition coefficient (Wildman–Crippen LogP) is 2.12. The summed E-state index contributed by atoms with van der Waals surface area (Å²) in [6.07, 6.45) is 2.23. The number of likely N-dealkylation sites (tertiary alicyclic amines) is 1. The van der Waals surface area contributed by atoms with Crippen LogP contribution in [-0.4, -0.2) is 29.6 Å². The summed E-state index contributed by atoms with van der Waals surface area (Å²) >= 11 is 0. The lowest BCUT2D eigenvalue weighted by molar-refractivity contribution is 0.126. The quantitative estimate of drug-likeness (QED) is 0.817. The number of hydrogen-bond donors (Lipinski definition) is 1. The molecule has 0 unspecified atom stereocenters. The fourth-order valence-electron chi connectivity index (χ4n) is 2.10. The number of aliphatic hydroxyl groups excluding tert-OH is 1. The third-order valence-corrected chi connectivity index (χ3v) is 3.09. The first-order valence-corrected chi connectivity index (χ1v) is 5.73. The molecule has 1 aromatic carbocycles. The average molecular weight is 205 g/mol. The van der Waals surface area contributed by atoms with Crippen LogP contribution >= 0.6 is 0 Å². The van der Waals surface area contributed by atoms with Gasteiger partial charge in [0.2, 0.25) is 0 Å². The van der Waals surface area contributed by atoms with Crippen LogP contribution in [0.25, 0.3) is 0 Å². The van der Waals surface area contributed by atoms with E-state index < -0.39 is 0 Å². The van der Waals surface area contributed by atoms with Crippen LogP contribution in [0.2, 0.25) is 0 Å². The predicted molar refractivity (Wildman–Crippen MR) is 61.8 cm³/mol. The fourth-order valence-corrected chi connectivity index (χ4v) is 2.10. The van der Waals surface area contributed by atoms with Crippen molar-refractivity contribution in [2.45, 2.75) is 25.9 Å². The van der Waals surface area contributed by atoms with Crippen molar-refractivity contribution >= 4 is 0 Å². The molecule has 0 amide bonds. The molecular formula is C13H19NO. The molecule has 0 aromatic heterocycles. The van der Waals surface area contributed by atoms with Crippen LogP contribution in [0.5, 0.6) is 0 Å². The Morgan fingerprint density at radius 1 is 1.20 bits per heavy atom. The van der Waals surface area contributed by atoms with Crippen molar-refractivity contribution in [2.75, 3.05) is 19.6 Å². The molecule has 1 aliphatic heterocycles. The second kappa shape index (κ2) is 4.77. The summed E-state index contributed by atoms with van der Waals surface area (Å²) < 4.78 is 0. The maximum absolute atomic E-state index is 10.0. The molecule has 1 aliphatic rings. The molecule has 2 rings (SSSR count). The van der Waals surface area contributed by atoms with E-state index in [1.165, 1.54) is 18.4 Å². The Labute approximate surface area is 91.5 Å². The normalized spacial score (nSPS) is 19.3.